The van der Waals surface area contributed by atoms with Gasteiger partial charge in [-0.25, -0.2) is 5.43 Å². The third kappa shape index (κ3) is 3.10. The van der Waals surface area contributed by atoms with E-state index in [1.54, 1.807) is 0 Å². The van der Waals surface area contributed by atoms with E-state index in [-0.39, 0.29) is 6.61 Å². The van der Waals surface area contributed by atoms with Gasteiger partial charge in [0.15, 0.2) is 6.10 Å². The molecular weight excluding hydrogens is 248 g/mol. The number of hydrogen-bond donors (Lipinski definition) is 4. The molecule has 1 aromatic rings. The zero-order chi connectivity index (χ0) is 13.8. The number of aliphatic hydroxyl groups is 3. The molecule has 1 aliphatic heterocycles. The van der Waals surface area contributed by atoms with Crippen molar-refractivity contribution in [2.45, 2.75) is 24.7 Å². The van der Waals surface area contributed by atoms with E-state index in [2.05, 4.69) is 5.43 Å². The Morgan fingerprint density at radius 2 is 1.89 bits per heavy atom. The fourth-order valence-electron chi connectivity index (χ4n) is 2.08. The fourth-order valence-corrected chi connectivity index (χ4v) is 2.08. The summed E-state index contributed by atoms with van der Waals surface area (Å²) in [6.07, 6.45) is -2.15. The lowest BCUT2D eigenvalue weighted by Crippen LogP contribution is -2.66. The Kier molecular flexibility index (Phi) is 4.49. The highest BCUT2D eigenvalue weighted by atomic mass is 16.3. The van der Waals surface area contributed by atoms with Crippen LogP contribution in [0.5, 0.6) is 0 Å². The molecule has 0 aliphatic carbocycles. The van der Waals surface area contributed by atoms with E-state index < -0.39 is 24.2 Å². The van der Waals surface area contributed by atoms with Gasteiger partial charge in [0.1, 0.15) is 6.10 Å². The minimum Gasteiger partial charge on any atom is -0.395 e. The molecule has 1 heterocycles. The zero-order valence-electron chi connectivity index (χ0n) is 10.4. The molecule has 3 atom stereocenters. The first-order valence-electron chi connectivity index (χ1n) is 6.22. The average Bonchev–Trinajstić information content (AvgIpc) is 2.45. The molecule has 0 unspecified atom stereocenters. The van der Waals surface area contributed by atoms with E-state index >= 15 is 0 Å². The van der Waals surface area contributed by atoms with Gasteiger partial charge in [0, 0.05) is 6.54 Å². The number of carbonyl (C=O) groups is 1. The normalized spacial score (nSPS) is 27.6. The van der Waals surface area contributed by atoms with Crippen LogP contribution in [-0.2, 0) is 11.2 Å². The summed E-state index contributed by atoms with van der Waals surface area (Å²) in [5.41, 5.74) is 3.79. The summed E-state index contributed by atoms with van der Waals surface area (Å²) in [5.74, 6) is -0.576. The van der Waals surface area contributed by atoms with Crippen molar-refractivity contribution in [1.82, 2.24) is 10.4 Å². The van der Waals surface area contributed by atoms with E-state index in [1.807, 2.05) is 30.3 Å². The molecule has 6 heteroatoms. The molecule has 0 spiro atoms. The molecule has 1 amide bonds. The van der Waals surface area contributed by atoms with Gasteiger partial charge in [0.05, 0.1) is 12.6 Å². The molecule has 104 valence electrons. The molecule has 1 saturated heterocycles. The van der Waals surface area contributed by atoms with Crippen LogP contribution in [0.2, 0.25) is 0 Å². The SMILES string of the molecule is O=C1[C@@H](O)[C@H](O)[C@@H](CO)NN1CCc1ccccc1. The number of amides is 1. The maximum Gasteiger partial charge on any atom is 0.268 e. The van der Waals surface area contributed by atoms with Gasteiger partial charge in [-0.1, -0.05) is 30.3 Å². The lowest BCUT2D eigenvalue weighted by atomic mass is 10.0. The number of rotatable bonds is 4. The fraction of sp³-hybridized carbons (Fsp3) is 0.462. The third-order valence-corrected chi connectivity index (χ3v) is 3.24. The Morgan fingerprint density at radius 1 is 1.21 bits per heavy atom. The topological polar surface area (TPSA) is 93.0 Å². The first-order valence-corrected chi connectivity index (χ1v) is 6.22. The van der Waals surface area contributed by atoms with Crippen molar-refractivity contribution in [2.24, 2.45) is 0 Å². The molecule has 0 aromatic heterocycles. The van der Waals surface area contributed by atoms with Crippen LogP contribution in [0.1, 0.15) is 5.56 Å². The molecule has 0 saturated carbocycles. The van der Waals surface area contributed by atoms with E-state index in [0.29, 0.717) is 13.0 Å². The summed E-state index contributed by atoms with van der Waals surface area (Å²) in [5, 5.41) is 29.6. The maximum absolute atomic E-state index is 11.8. The predicted octanol–water partition coefficient (Wildman–Crippen LogP) is -1.34. The molecule has 1 fully saturated rings. The van der Waals surface area contributed by atoms with Crippen molar-refractivity contribution in [3.8, 4) is 0 Å². The lowest BCUT2D eigenvalue weighted by molar-refractivity contribution is -0.164. The van der Waals surface area contributed by atoms with Crippen molar-refractivity contribution < 1.29 is 20.1 Å². The van der Waals surface area contributed by atoms with Gasteiger partial charge in [0.2, 0.25) is 0 Å². The largest absolute Gasteiger partial charge is 0.395 e. The van der Waals surface area contributed by atoms with Crippen LogP contribution in [0, 0.1) is 0 Å². The van der Waals surface area contributed by atoms with Gasteiger partial charge in [-0.2, -0.15) is 0 Å². The van der Waals surface area contributed by atoms with Crippen LogP contribution in [0.25, 0.3) is 0 Å². The number of nitrogens with one attached hydrogen (secondary N) is 1. The summed E-state index contributed by atoms with van der Waals surface area (Å²) in [4.78, 5) is 11.8. The summed E-state index contributed by atoms with van der Waals surface area (Å²) in [6.45, 7) is 0.0104. The van der Waals surface area contributed by atoms with Gasteiger partial charge in [-0.3, -0.25) is 9.80 Å². The molecule has 6 nitrogen and oxygen atoms in total. The van der Waals surface area contributed by atoms with Crippen LogP contribution in [-0.4, -0.2) is 57.6 Å². The van der Waals surface area contributed by atoms with Crippen molar-refractivity contribution in [3.63, 3.8) is 0 Å². The van der Waals surface area contributed by atoms with Crippen LogP contribution < -0.4 is 5.43 Å². The van der Waals surface area contributed by atoms with E-state index in [1.165, 1.54) is 5.01 Å². The Balaban J connectivity index is 1.97. The van der Waals surface area contributed by atoms with E-state index in [4.69, 9.17) is 5.11 Å². The second-order valence-electron chi connectivity index (χ2n) is 4.58. The quantitative estimate of drug-likeness (QED) is 0.541. The smallest absolute Gasteiger partial charge is 0.268 e. The number of carbonyl (C=O) groups excluding carboxylic acids is 1. The molecule has 19 heavy (non-hydrogen) atoms. The highest BCUT2D eigenvalue weighted by Crippen LogP contribution is 2.11. The van der Waals surface area contributed by atoms with Gasteiger partial charge in [-0.15, -0.1) is 0 Å². The predicted molar refractivity (Wildman–Crippen MR) is 67.9 cm³/mol. The summed E-state index contributed by atoms with van der Waals surface area (Å²) in [6, 6.07) is 8.90. The molecular formula is C13H18N2O4. The highest BCUT2D eigenvalue weighted by molar-refractivity contribution is 5.81. The highest BCUT2D eigenvalue weighted by Gasteiger charge is 2.40. The lowest BCUT2D eigenvalue weighted by Gasteiger charge is -2.38. The van der Waals surface area contributed by atoms with Crippen LogP contribution in [0.3, 0.4) is 0 Å². The minimum absolute atomic E-state index is 0.354. The average molecular weight is 266 g/mol. The monoisotopic (exact) mass is 266 g/mol. The van der Waals surface area contributed by atoms with Crippen molar-refractivity contribution in [2.75, 3.05) is 13.2 Å². The number of aliphatic hydroxyl groups excluding tert-OH is 3. The van der Waals surface area contributed by atoms with Gasteiger partial charge >= 0.3 is 0 Å². The van der Waals surface area contributed by atoms with Gasteiger partial charge < -0.3 is 15.3 Å². The van der Waals surface area contributed by atoms with Crippen LogP contribution in [0.15, 0.2) is 30.3 Å². The Hall–Kier alpha value is -1.47. The summed E-state index contributed by atoms with van der Waals surface area (Å²) < 4.78 is 0. The Bertz CT molecular complexity index is 426. The Morgan fingerprint density at radius 3 is 2.53 bits per heavy atom. The van der Waals surface area contributed by atoms with Crippen LogP contribution >= 0.6 is 0 Å². The molecule has 1 aliphatic rings. The molecule has 2 rings (SSSR count). The summed E-state index contributed by atoms with van der Waals surface area (Å²) >= 11 is 0. The summed E-state index contributed by atoms with van der Waals surface area (Å²) in [7, 11) is 0. The van der Waals surface area contributed by atoms with Crippen molar-refractivity contribution in [1.29, 1.82) is 0 Å². The molecule has 1 aromatic carbocycles. The zero-order valence-corrected chi connectivity index (χ0v) is 10.4. The number of hydrogen-bond acceptors (Lipinski definition) is 5. The van der Waals surface area contributed by atoms with E-state index in [0.717, 1.165) is 5.56 Å². The first-order chi connectivity index (χ1) is 9.13. The van der Waals surface area contributed by atoms with Crippen molar-refractivity contribution >= 4 is 5.91 Å². The van der Waals surface area contributed by atoms with Crippen molar-refractivity contribution in [3.05, 3.63) is 35.9 Å². The molecule has 0 bridgehead atoms. The van der Waals surface area contributed by atoms with Gasteiger partial charge in [-0.05, 0) is 12.0 Å². The molecule has 4 N–H and O–H groups in total. The molecule has 0 radical (unpaired) electrons. The second-order valence-corrected chi connectivity index (χ2v) is 4.58. The Labute approximate surface area is 111 Å². The number of nitrogens with zero attached hydrogens (tertiary/aromatic N) is 1. The number of hydrazine groups is 1. The van der Waals surface area contributed by atoms with Crippen LogP contribution in [0.4, 0.5) is 0 Å². The first kappa shape index (κ1) is 14.0. The minimum atomic E-state index is -1.49. The van der Waals surface area contributed by atoms with E-state index in [9.17, 15) is 15.0 Å². The number of benzene rings is 1. The maximum atomic E-state index is 11.8. The third-order valence-electron chi connectivity index (χ3n) is 3.24. The second kappa shape index (κ2) is 6.12. The van der Waals surface area contributed by atoms with Gasteiger partial charge in [0.25, 0.3) is 5.91 Å². The standard InChI is InChI=1S/C13H18N2O4/c16-8-10-11(17)12(18)13(19)15(14-10)7-6-9-4-2-1-3-5-9/h1-5,10-12,14,16-18H,6-8H2/t10-,11-,12+/m1/s1.